The van der Waals surface area contributed by atoms with E-state index < -0.39 is 80.7 Å². The van der Waals surface area contributed by atoms with Crippen molar-refractivity contribution < 1.29 is 45.0 Å². The van der Waals surface area contributed by atoms with Crippen LogP contribution in [-0.2, 0) is 6.18 Å². The van der Waals surface area contributed by atoms with Gasteiger partial charge >= 0.3 is 12.2 Å². The van der Waals surface area contributed by atoms with Crippen molar-refractivity contribution in [2.45, 2.75) is 61.6 Å². The Labute approximate surface area is 292 Å². The standard InChI is InChI=1S/C37H31F8N5O2/c1-2-23-27(39)5-4-19-10-22(51)11-24(29(19)23)30-26(37(43,44)45)12-25-32(31(30)42)46-34(52-18-36-7-3-9-50(36)15-20(38)13-36)47-33(25)49-16-21-6-8-35(17-49,48-21)14-28(40)41/h1,4-5,10-12,14,20-21,48,51H,3,6-9,13,15-18H2/t20-,21-,35-,36+/m1/s1. The van der Waals surface area contributed by atoms with Crippen LogP contribution in [0.5, 0.6) is 11.8 Å². The van der Waals surface area contributed by atoms with E-state index in [1.807, 2.05) is 4.90 Å². The maximum absolute atomic E-state index is 17.2. The predicted octanol–water partition coefficient (Wildman–Crippen LogP) is 7.48. The van der Waals surface area contributed by atoms with Crippen LogP contribution in [-0.4, -0.2) is 76.1 Å². The number of hydrogen-bond acceptors (Lipinski definition) is 7. The lowest BCUT2D eigenvalue weighted by Gasteiger charge is -2.40. The Hall–Kier alpha value is -4.68. The van der Waals surface area contributed by atoms with Crippen molar-refractivity contribution in [3.05, 3.63) is 65.2 Å². The van der Waals surface area contributed by atoms with Crippen molar-refractivity contribution in [3.8, 4) is 35.2 Å². The van der Waals surface area contributed by atoms with Gasteiger partial charge in [0.1, 0.15) is 35.7 Å². The molecule has 4 aromatic rings. The fourth-order valence-electron chi connectivity index (χ4n) is 8.84. The highest BCUT2D eigenvalue weighted by Crippen LogP contribution is 2.48. The molecule has 0 radical (unpaired) electrons. The Balaban J connectivity index is 1.37. The molecule has 1 aromatic heterocycles. The number of anilines is 1. The first kappa shape index (κ1) is 34.4. The van der Waals surface area contributed by atoms with Crippen molar-refractivity contribution in [2.24, 2.45) is 0 Å². The second-order valence-electron chi connectivity index (χ2n) is 14.2. The summed E-state index contributed by atoms with van der Waals surface area (Å²) in [4.78, 5) is 12.3. The van der Waals surface area contributed by atoms with Gasteiger partial charge in [0.15, 0.2) is 5.82 Å². The number of halogens is 8. The number of aromatic nitrogens is 2. The van der Waals surface area contributed by atoms with E-state index in [1.165, 1.54) is 11.0 Å². The first-order chi connectivity index (χ1) is 24.7. The summed E-state index contributed by atoms with van der Waals surface area (Å²) in [6.45, 7) is 0.780. The Kier molecular flexibility index (Phi) is 8.07. The molecule has 15 heteroatoms. The first-order valence-electron chi connectivity index (χ1n) is 16.8. The zero-order valence-electron chi connectivity index (χ0n) is 27.4. The molecule has 0 amide bonds. The van der Waals surface area contributed by atoms with Gasteiger partial charge in [-0.2, -0.15) is 31.9 Å². The van der Waals surface area contributed by atoms with E-state index in [-0.39, 0.29) is 60.7 Å². The SMILES string of the molecule is C#Cc1c(F)ccc2cc(O)cc(-c3c(C(F)(F)F)cc4c(N5C[C@H]6CC[C@@](C=C(F)F)(C5)N6)nc(OC[C@@]56CCCN5C[C@H](F)C6)nc4c3F)c12. The lowest BCUT2D eigenvalue weighted by molar-refractivity contribution is -0.137. The molecular weight excluding hydrogens is 698 g/mol. The van der Waals surface area contributed by atoms with Crippen LogP contribution in [0.2, 0.25) is 0 Å². The van der Waals surface area contributed by atoms with Gasteiger partial charge < -0.3 is 20.1 Å². The highest BCUT2D eigenvalue weighted by molar-refractivity contribution is 6.05. The van der Waals surface area contributed by atoms with Gasteiger partial charge in [-0.15, -0.1) is 6.42 Å². The molecule has 0 spiro atoms. The average Bonchev–Trinajstić information content (AvgIpc) is 3.70. The Morgan fingerprint density at radius 1 is 1.13 bits per heavy atom. The first-order valence-corrected chi connectivity index (χ1v) is 16.8. The molecule has 4 atom stereocenters. The second-order valence-corrected chi connectivity index (χ2v) is 14.2. The number of hydrogen-bond donors (Lipinski definition) is 2. The molecular formula is C37H31F8N5O2. The van der Waals surface area contributed by atoms with Crippen LogP contribution in [0.4, 0.5) is 40.9 Å². The van der Waals surface area contributed by atoms with E-state index in [1.54, 1.807) is 0 Å². The molecule has 2 bridgehead atoms. The van der Waals surface area contributed by atoms with E-state index in [4.69, 9.17) is 11.2 Å². The fraction of sp³-hybridized carbons (Fsp3) is 0.405. The summed E-state index contributed by atoms with van der Waals surface area (Å²) in [5.41, 5.74) is -6.01. The third-order valence-electron chi connectivity index (χ3n) is 10.9. The molecule has 4 aliphatic heterocycles. The van der Waals surface area contributed by atoms with Gasteiger partial charge in [0.05, 0.1) is 22.2 Å². The van der Waals surface area contributed by atoms with Gasteiger partial charge in [0.25, 0.3) is 6.08 Å². The van der Waals surface area contributed by atoms with Crippen molar-refractivity contribution in [2.75, 3.05) is 37.7 Å². The second kappa shape index (κ2) is 12.2. The summed E-state index contributed by atoms with van der Waals surface area (Å²) in [6.07, 6.45) is 0.498. The maximum Gasteiger partial charge on any atom is 0.417 e. The zero-order chi connectivity index (χ0) is 36.7. The van der Waals surface area contributed by atoms with Crippen molar-refractivity contribution in [1.82, 2.24) is 20.2 Å². The number of phenols is 1. The fourth-order valence-corrected chi connectivity index (χ4v) is 8.84. The van der Waals surface area contributed by atoms with E-state index in [0.717, 1.165) is 30.7 Å². The molecule has 4 fully saturated rings. The lowest BCUT2D eigenvalue weighted by atomic mass is 9.89. The predicted molar refractivity (Wildman–Crippen MR) is 177 cm³/mol. The van der Waals surface area contributed by atoms with E-state index in [0.29, 0.717) is 31.9 Å². The number of benzene rings is 3. The van der Waals surface area contributed by atoms with Gasteiger partial charge in [-0.25, -0.2) is 13.2 Å². The van der Waals surface area contributed by atoms with Gasteiger partial charge in [-0.1, -0.05) is 12.0 Å². The number of nitrogens with zero attached hydrogens (tertiary/aromatic N) is 4. The molecule has 4 saturated heterocycles. The van der Waals surface area contributed by atoms with Crippen molar-refractivity contribution in [3.63, 3.8) is 0 Å². The van der Waals surface area contributed by atoms with Crippen LogP contribution in [0.15, 0.2) is 42.5 Å². The molecule has 52 heavy (non-hydrogen) atoms. The van der Waals surface area contributed by atoms with Crippen LogP contribution in [0.3, 0.4) is 0 Å². The molecule has 8 rings (SSSR count). The minimum absolute atomic E-state index is 0.0576. The van der Waals surface area contributed by atoms with E-state index >= 15 is 17.6 Å². The molecule has 2 N–H and O–H groups in total. The summed E-state index contributed by atoms with van der Waals surface area (Å²) < 4.78 is 125. The molecule has 3 aromatic carbocycles. The number of rotatable bonds is 6. The van der Waals surface area contributed by atoms with Gasteiger partial charge in [0.2, 0.25) is 0 Å². The van der Waals surface area contributed by atoms with E-state index in [9.17, 15) is 22.7 Å². The molecule has 0 aliphatic carbocycles. The largest absolute Gasteiger partial charge is 0.508 e. The molecule has 5 heterocycles. The summed E-state index contributed by atoms with van der Waals surface area (Å²) in [5, 5.41) is 13.2. The monoisotopic (exact) mass is 729 g/mol. The quantitative estimate of drug-likeness (QED) is 0.158. The topological polar surface area (TPSA) is 73.8 Å². The van der Waals surface area contributed by atoms with Gasteiger partial charge in [0, 0.05) is 54.5 Å². The highest BCUT2D eigenvalue weighted by Gasteiger charge is 2.50. The number of ether oxygens (including phenoxy) is 1. The molecule has 0 saturated carbocycles. The Morgan fingerprint density at radius 3 is 2.69 bits per heavy atom. The number of aromatic hydroxyl groups is 1. The summed E-state index contributed by atoms with van der Waals surface area (Å²) >= 11 is 0. The summed E-state index contributed by atoms with van der Waals surface area (Å²) in [7, 11) is 0. The average molecular weight is 730 g/mol. The molecule has 272 valence electrons. The van der Waals surface area contributed by atoms with Crippen LogP contribution >= 0.6 is 0 Å². The molecule has 7 nitrogen and oxygen atoms in total. The smallest absolute Gasteiger partial charge is 0.417 e. The minimum atomic E-state index is -5.21. The van der Waals surface area contributed by atoms with E-state index in [2.05, 4.69) is 21.2 Å². The zero-order valence-corrected chi connectivity index (χ0v) is 27.4. The lowest BCUT2D eigenvalue weighted by Crippen LogP contribution is -2.59. The minimum Gasteiger partial charge on any atom is -0.508 e. The number of alkyl halides is 4. The third kappa shape index (κ3) is 5.67. The highest BCUT2D eigenvalue weighted by atomic mass is 19.4. The number of piperazine rings is 1. The Bertz CT molecular complexity index is 2200. The number of terminal acetylenes is 1. The van der Waals surface area contributed by atoms with Gasteiger partial charge in [-0.3, -0.25) is 4.90 Å². The molecule has 0 unspecified atom stereocenters. The molecule has 4 aliphatic rings. The Morgan fingerprint density at radius 2 is 1.94 bits per heavy atom. The summed E-state index contributed by atoms with van der Waals surface area (Å²) in [5.74, 6) is -0.998. The van der Waals surface area contributed by atoms with Crippen LogP contribution in [0, 0.1) is 24.0 Å². The normalized spacial score (nSPS) is 25.9. The van der Waals surface area contributed by atoms with Crippen LogP contribution in [0.25, 0.3) is 32.8 Å². The summed E-state index contributed by atoms with van der Waals surface area (Å²) in [6, 6.07) is 4.15. The van der Waals surface area contributed by atoms with Crippen LogP contribution < -0.4 is 15.0 Å². The van der Waals surface area contributed by atoms with Crippen molar-refractivity contribution >= 4 is 27.5 Å². The van der Waals surface area contributed by atoms with Gasteiger partial charge in [-0.05, 0) is 67.4 Å². The number of nitrogens with one attached hydrogen (secondary N) is 1. The maximum atomic E-state index is 17.2. The van der Waals surface area contributed by atoms with Crippen molar-refractivity contribution in [1.29, 1.82) is 0 Å². The van der Waals surface area contributed by atoms with Crippen LogP contribution in [0.1, 0.15) is 43.2 Å². The number of fused-ring (bicyclic) bond motifs is 5. The number of phenolic OH excluding ortho intramolecular Hbond substituents is 1. The third-order valence-corrected chi connectivity index (χ3v) is 10.9.